The number of anilines is 1. The van der Waals surface area contributed by atoms with Crippen molar-refractivity contribution in [3.05, 3.63) is 65.7 Å². The number of nitrogens with one attached hydrogen (secondary N) is 1. The Kier molecular flexibility index (Phi) is 7.95. The number of hydrogen-bond donors (Lipinski definition) is 1. The quantitative estimate of drug-likeness (QED) is 0.691. The number of esters is 1. The molecule has 0 spiro atoms. The van der Waals surface area contributed by atoms with Gasteiger partial charge in [0.15, 0.2) is 0 Å². The second kappa shape index (κ2) is 10.4. The van der Waals surface area contributed by atoms with Gasteiger partial charge in [-0.05, 0) is 36.2 Å². The summed E-state index contributed by atoms with van der Waals surface area (Å²) < 4.78 is 4.86. The molecule has 0 aromatic heterocycles. The Hall–Kier alpha value is -3.15. The highest BCUT2D eigenvalue weighted by atomic mass is 16.5. The van der Waals surface area contributed by atoms with Gasteiger partial charge >= 0.3 is 5.97 Å². The first-order valence-electron chi connectivity index (χ1n) is 9.74. The molecule has 2 amide bonds. The number of ether oxygens (including phenoxy) is 1. The van der Waals surface area contributed by atoms with E-state index in [9.17, 15) is 14.4 Å². The van der Waals surface area contributed by atoms with Gasteiger partial charge in [0.25, 0.3) is 11.8 Å². The van der Waals surface area contributed by atoms with E-state index in [0.717, 1.165) is 18.5 Å². The van der Waals surface area contributed by atoms with E-state index in [2.05, 4.69) is 5.32 Å². The number of methoxy groups -OCH3 is 1. The zero-order valence-electron chi connectivity index (χ0n) is 17.3. The van der Waals surface area contributed by atoms with Crippen molar-refractivity contribution in [3.8, 4) is 0 Å². The highest BCUT2D eigenvalue weighted by molar-refractivity contribution is 6.07. The lowest BCUT2D eigenvalue weighted by molar-refractivity contribution is -0.144. The van der Waals surface area contributed by atoms with Crippen LogP contribution in [0, 0.1) is 5.92 Å². The van der Waals surface area contributed by atoms with Crippen LogP contribution in [0.3, 0.4) is 0 Å². The molecule has 0 bridgehead atoms. The highest BCUT2D eigenvalue weighted by Crippen LogP contribution is 2.18. The number of hydrogen-bond acceptors (Lipinski definition) is 4. The summed E-state index contributed by atoms with van der Waals surface area (Å²) in [5.74, 6) is -1.14. The van der Waals surface area contributed by atoms with Gasteiger partial charge in [-0.25, -0.2) is 4.79 Å². The lowest BCUT2D eigenvalue weighted by atomic mass is 9.93. The van der Waals surface area contributed by atoms with Crippen LogP contribution < -0.4 is 10.2 Å². The largest absolute Gasteiger partial charge is 0.467 e. The molecule has 0 radical (unpaired) electrons. The van der Waals surface area contributed by atoms with Gasteiger partial charge in [0.2, 0.25) is 0 Å². The molecule has 1 N–H and O–H groups in total. The van der Waals surface area contributed by atoms with Crippen molar-refractivity contribution < 1.29 is 19.1 Å². The summed E-state index contributed by atoms with van der Waals surface area (Å²) in [5, 5.41) is 2.77. The summed E-state index contributed by atoms with van der Waals surface area (Å²) in [6, 6.07) is 15.0. The SMILES string of the molecule is CCC(CC)C(NC(=O)c1cccc(C(=O)N(C)c2ccccc2)c1)C(=O)OC. The number of carbonyl (C=O) groups excluding carboxylic acids is 3. The fraction of sp³-hybridized carbons (Fsp3) is 0.348. The monoisotopic (exact) mass is 396 g/mol. The second-order valence-electron chi connectivity index (χ2n) is 6.83. The Morgan fingerprint density at radius 3 is 2.17 bits per heavy atom. The van der Waals surface area contributed by atoms with E-state index < -0.39 is 17.9 Å². The second-order valence-corrected chi connectivity index (χ2v) is 6.83. The molecular formula is C23H28N2O4. The van der Waals surface area contributed by atoms with Crippen molar-refractivity contribution in [2.45, 2.75) is 32.7 Å². The molecule has 6 nitrogen and oxygen atoms in total. The number of amides is 2. The molecule has 0 saturated heterocycles. The van der Waals surface area contributed by atoms with Crippen molar-refractivity contribution in [2.24, 2.45) is 5.92 Å². The molecule has 1 unspecified atom stereocenters. The molecule has 154 valence electrons. The Labute approximate surface area is 171 Å². The Balaban J connectivity index is 2.22. The molecule has 2 aromatic carbocycles. The van der Waals surface area contributed by atoms with E-state index in [0.29, 0.717) is 11.1 Å². The van der Waals surface area contributed by atoms with Crippen LogP contribution in [-0.2, 0) is 9.53 Å². The van der Waals surface area contributed by atoms with Crippen LogP contribution in [-0.4, -0.2) is 38.0 Å². The Morgan fingerprint density at radius 2 is 1.59 bits per heavy atom. The average molecular weight is 396 g/mol. The molecule has 2 rings (SSSR count). The van der Waals surface area contributed by atoms with Gasteiger partial charge in [0, 0.05) is 23.9 Å². The maximum Gasteiger partial charge on any atom is 0.328 e. The lowest BCUT2D eigenvalue weighted by Crippen LogP contribution is -2.46. The molecule has 0 saturated carbocycles. The standard InChI is InChI=1S/C23H28N2O4/c1-5-16(6-2)20(23(28)29-4)24-21(26)17-11-10-12-18(15-17)22(27)25(3)19-13-8-7-9-14-19/h7-16,20H,5-6H2,1-4H3,(H,24,26). The van der Waals surface area contributed by atoms with E-state index in [4.69, 9.17) is 4.74 Å². The summed E-state index contributed by atoms with van der Waals surface area (Å²) in [6.07, 6.45) is 1.47. The molecule has 0 aliphatic carbocycles. The van der Waals surface area contributed by atoms with Crippen LogP contribution in [0.1, 0.15) is 47.4 Å². The summed E-state index contributed by atoms with van der Waals surface area (Å²) >= 11 is 0. The van der Waals surface area contributed by atoms with Gasteiger partial charge in [0.05, 0.1) is 7.11 Å². The topological polar surface area (TPSA) is 75.7 Å². The molecule has 1 atom stereocenters. The first-order chi connectivity index (χ1) is 13.9. The zero-order chi connectivity index (χ0) is 21.4. The van der Waals surface area contributed by atoms with Crippen molar-refractivity contribution in [2.75, 3.05) is 19.1 Å². The van der Waals surface area contributed by atoms with Gasteiger partial charge in [-0.2, -0.15) is 0 Å². The Bertz CT molecular complexity index is 847. The maximum absolute atomic E-state index is 12.8. The van der Waals surface area contributed by atoms with E-state index in [1.165, 1.54) is 12.0 Å². The van der Waals surface area contributed by atoms with E-state index >= 15 is 0 Å². The molecule has 0 aliphatic rings. The third-order valence-corrected chi connectivity index (χ3v) is 5.08. The van der Waals surface area contributed by atoms with E-state index in [-0.39, 0.29) is 11.8 Å². The van der Waals surface area contributed by atoms with Crippen molar-refractivity contribution in [3.63, 3.8) is 0 Å². The van der Waals surface area contributed by atoms with Crippen LogP contribution in [0.2, 0.25) is 0 Å². The summed E-state index contributed by atoms with van der Waals surface area (Å²) in [5.41, 5.74) is 1.46. The molecule has 0 heterocycles. The van der Waals surface area contributed by atoms with E-state index in [1.807, 2.05) is 44.2 Å². The minimum Gasteiger partial charge on any atom is -0.467 e. The van der Waals surface area contributed by atoms with E-state index in [1.54, 1.807) is 31.3 Å². The fourth-order valence-electron chi connectivity index (χ4n) is 3.24. The highest BCUT2D eigenvalue weighted by Gasteiger charge is 2.29. The summed E-state index contributed by atoms with van der Waals surface area (Å²) in [6.45, 7) is 3.93. The smallest absolute Gasteiger partial charge is 0.328 e. The summed E-state index contributed by atoms with van der Waals surface area (Å²) in [4.78, 5) is 39.3. The van der Waals surface area contributed by atoms with Crippen molar-refractivity contribution in [1.29, 1.82) is 0 Å². The lowest BCUT2D eigenvalue weighted by Gasteiger charge is -2.24. The molecule has 0 aliphatic heterocycles. The van der Waals surface area contributed by atoms with Gasteiger partial charge < -0.3 is 15.0 Å². The van der Waals surface area contributed by atoms with Crippen LogP contribution in [0.25, 0.3) is 0 Å². The summed E-state index contributed by atoms with van der Waals surface area (Å²) in [7, 11) is 2.99. The molecule has 6 heteroatoms. The average Bonchev–Trinajstić information content (AvgIpc) is 2.78. The van der Waals surface area contributed by atoms with Crippen LogP contribution in [0.15, 0.2) is 54.6 Å². The number of carbonyl (C=O) groups is 3. The number of para-hydroxylation sites is 1. The zero-order valence-corrected chi connectivity index (χ0v) is 17.3. The van der Waals surface area contributed by atoms with Crippen molar-refractivity contribution in [1.82, 2.24) is 5.32 Å². The normalized spacial score (nSPS) is 11.6. The third-order valence-electron chi connectivity index (χ3n) is 5.08. The minimum absolute atomic E-state index is 0.0274. The number of nitrogens with zero attached hydrogens (tertiary/aromatic N) is 1. The molecule has 29 heavy (non-hydrogen) atoms. The first-order valence-corrected chi connectivity index (χ1v) is 9.74. The van der Waals surface area contributed by atoms with Crippen LogP contribution >= 0.6 is 0 Å². The van der Waals surface area contributed by atoms with Gasteiger partial charge in [-0.1, -0.05) is 51.0 Å². The molecule has 0 fully saturated rings. The fourth-order valence-corrected chi connectivity index (χ4v) is 3.24. The predicted octanol–water partition coefficient (Wildman–Crippen LogP) is 3.67. The van der Waals surface area contributed by atoms with Crippen LogP contribution in [0.4, 0.5) is 5.69 Å². The number of benzene rings is 2. The number of rotatable bonds is 8. The van der Waals surface area contributed by atoms with Gasteiger partial charge in [-0.3, -0.25) is 9.59 Å². The third kappa shape index (κ3) is 5.44. The minimum atomic E-state index is -0.728. The molecular weight excluding hydrogens is 368 g/mol. The van der Waals surface area contributed by atoms with Gasteiger partial charge in [0.1, 0.15) is 6.04 Å². The first kappa shape index (κ1) is 22.1. The van der Waals surface area contributed by atoms with Crippen molar-refractivity contribution >= 4 is 23.5 Å². The predicted molar refractivity (Wildman–Crippen MR) is 113 cm³/mol. The van der Waals surface area contributed by atoms with Gasteiger partial charge in [-0.15, -0.1) is 0 Å². The Morgan fingerprint density at radius 1 is 0.966 bits per heavy atom. The molecule has 2 aromatic rings. The maximum atomic E-state index is 12.8. The van der Waals surface area contributed by atoms with Crippen LogP contribution in [0.5, 0.6) is 0 Å².